The Morgan fingerprint density at radius 1 is 0.700 bits per heavy atom. The Morgan fingerprint density at radius 2 is 1.25 bits per heavy atom. The Kier molecular flexibility index (Phi) is 6.91. The number of rotatable bonds is 7. The zero-order valence-corrected chi connectivity index (χ0v) is 22.8. The van der Waals surface area contributed by atoms with Crippen LogP contribution in [0.4, 0.5) is 0 Å². The van der Waals surface area contributed by atoms with Gasteiger partial charge in [-0.3, -0.25) is 4.55 Å². The van der Waals surface area contributed by atoms with Gasteiger partial charge in [-0.05, 0) is 50.6 Å². The maximum absolute atomic E-state index is 13.0. The van der Waals surface area contributed by atoms with Gasteiger partial charge in [0.2, 0.25) is 0 Å². The van der Waals surface area contributed by atoms with Crippen molar-refractivity contribution in [2.45, 2.75) is 30.1 Å². The number of fused-ring (bicyclic) bond motifs is 2. The van der Waals surface area contributed by atoms with Gasteiger partial charge in [-0.1, -0.05) is 97.1 Å². The molecule has 0 aliphatic carbocycles. The molecule has 0 saturated heterocycles. The molecule has 0 amide bonds. The molecule has 8 nitrogen and oxygen atoms in total. The van der Waals surface area contributed by atoms with Crippen molar-refractivity contribution in [3.8, 4) is 0 Å². The van der Waals surface area contributed by atoms with Crippen LogP contribution in [0.2, 0.25) is 0 Å². The fourth-order valence-corrected chi connectivity index (χ4v) is 7.32. The first-order valence-electron chi connectivity index (χ1n) is 12.7. The number of hydrogen-bond acceptors (Lipinski definition) is 7. The predicted octanol–water partition coefficient (Wildman–Crippen LogP) is 4.75. The molecule has 204 valence electrons. The van der Waals surface area contributed by atoms with Gasteiger partial charge >= 0.3 is 20.5 Å². The molecule has 0 fully saturated rings. The Labute approximate surface area is 233 Å². The number of nitrogens with one attached hydrogen (secondary N) is 2. The quantitative estimate of drug-likeness (QED) is 0.214. The molecular formula is C30H26N2O6S2. The first-order chi connectivity index (χ1) is 19.2. The highest BCUT2D eigenvalue weighted by Crippen LogP contribution is 2.34. The Hall–Kier alpha value is -3.64. The lowest BCUT2D eigenvalue weighted by Gasteiger charge is -2.15. The summed E-state index contributed by atoms with van der Waals surface area (Å²) in [4.78, 5) is -0.367. The maximum Gasteiger partial charge on any atom is 0.412 e. The molecule has 40 heavy (non-hydrogen) atoms. The van der Waals surface area contributed by atoms with E-state index < -0.39 is 20.5 Å². The molecule has 0 saturated carbocycles. The van der Waals surface area contributed by atoms with Crippen LogP contribution in [0.15, 0.2) is 95.9 Å². The van der Waals surface area contributed by atoms with Crippen LogP contribution < -0.4 is 10.6 Å². The molecule has 10 heteroatoms. The van der Waals surface area contributed by atoms with Gasteiger partial charge in [-0.2, -0.15) is 16.8 Å². The van der Waals surface area contributed by atoms with Crippen molar-refractivity contribution in [2.75, 3.05) is 0 Å². The maximum atomic E-state index is 13.0. The van der Waals surface area contributed by atoms with E-state index in [2.05, 4.69) is 26.4 Å². The molecule has 0 radical (unpaired) electrons. The van der Waals surface area contributed by atoms with Crippen molar-refractivity contribution in [1.29, 1.82) is 0 Å². The average molecular weight is 575 g/mol. The molecule has 0 spiro atoms. The van der Waals surface area contributed by atoms with Gasteiger partial charge in [0.25, 0.3) is 0 Å². The van der Waals surface area contributed by atoms with Crippen LogP contribution in [0.25, 0.3) is 12.2 Å². The van der Waals surface area contributed by atoms with Crippen molar-refractivity contribution in [3.63, 3.8) is 0 Å². The summed E-state index contributed by atoms with van der Waals surface area (Å²) >= 11 is 0. The second-order valence-corrected chi connectivity index (χ2v) is 12.5. The van der Waals surface area contributed by atoms with Crippen molar-refractivity contribution < 1.29 is 25.0 Å². The van der Waals surface area contributed by atoms with E-state index in [1.54, 1.807) is 24.3 Å². The molecule has 6 rings (SSSR count). The molecule has 0 aromatic heterocycles. The summed E-state index contributed by atoms with van der Waals surface area (Å²) in [7, 11) is -10.1. The summed E-state index contributed by atoms with van der Waals surface area (Å²) in [6.45, 7) is 1.42. The average Bonchev–Trinajstić information content (AvgIpc) is 3.56. The van der Waals surface area contributed by atoms with Crippen LogP contribution in [0.5, 0.6) is 0 Å². The first kappa shape index (κ1) is 26.6. The molecule has 2 atom stereocenters. The van der Waals surface area contributed by atoms with Gasteiger partial charge in [-0.25, -0.2) is 0 Å². The molecule has 0 bridgehead atoms. The van der Waals surface area contributed by atoms with Crippen molar-refractivity contribution >= 4 is 32.7 Å². The van der Waals surface area contributed by atoms with E-state index in [-0.39, 0.29) is 22.5 Å². The lowest BCUT2D eigenvalue weighted by molar-refractivity contribution is 0.383. The van der Waals surface area contributed by atoms with E-state index in [1.165, 1.54) is 17.2 Å². The minimum absolute atomic E-state index is 0.102. The predicted molar refractivity (Wildman–Crippen MR) is 152 cm³/mol. The molecular weight excluding hydrogens is 548 g/mol. The van der Waals surface area contributed by atoms with E-state index in [1.807, 2.05) is 60.7 Å². The van der Waals surface area contributed by atoms with Gasteiger partial charge < -0.3 is 10.6 Å². The molecule has 2 unspecified atom stereocenters. The fourth-order valence-electron chi connectivity index (χ4n) is 5.41. The summed E-state index contributed by atoms with van der Waals surface area (Å²) in [5.41, 5.74) is 7.39. The normalized spacial score (nSPS) is 18.6. The summed E-state index contributed by atoms with van der Waals surface area (Å²) in [5.74, 6) is 0. The smallest absolute Gasteiger partial charge is 0.302 e. The van der Waals surface area contributed by atoms with Gasteiger partial charge in [-0.15, -0.1) is 3.63 Å². The minimum atomic E-state index is -5.26. The SMILES string of the molecule is O=S(=O)(O)OS(=O)(=O)c1cc(C2NCc3ccccc32)ccc1C=Cc1ccc(C2NCc3ccccc32)cc1. The van der Waals surface area contributed by atoms with E-state index in [0.717, 1.165) is 28.8 Å². The van der Waals surface area contributed by atoms with Crippen LogP contribution in [0, 0.1) is 0 Å². The van der Waals surface area contributed by atoms with E-state index >= 15 is 0 Å². The van der Waals surface area contributed by atoms with E-state index in [9.17, 15) is 16.8 Å². The zero-order chi connectivity index (χ0) is 27.9. The molecule has 4 aromatic rings. The van der Waals surface area contributed by atoms with Crippen molar-refractivity contribution in [1.82, 2.24) is 10.6 Å². The van der Waals surface area contributed by atoms with Gasteiger partial charge in [0.05, 0.1) is 12.1 Å². The lowest BCUT2D eigenvalue weighted by Crippen LogP contribution is -2.17. The lowest BCUT2D eigenvalue weighted by atomic mass is 9.97. The molecule has 2 aliphatic rings. The van der Waals surface area contributed by atoms with Gasteiger partial charge in [0, 0.05) is 13.1 Å². The fraction of sp³-hybridized carbons (Fsp3) is 0.133. The standard InChI is InChI=1S/C30H26N2O6S2/c33-39(34,38-40(35,36)37)28-17-23(30-27-8-4-2-6-25(27)19-32-30)16-15-21(28)12-9-20-10-13-22(14-11-20)29-26-7-3-1-5-24(26)18-31-29/h1-17,29-32H,18-19H2,(H,35,36,37). The van der Waals surface area contributed by atoms with Crippen molar-refractivity contribution in [2.24, 2.45) is 0 Å². The number of hydrogen-bond donors (Lipinski definition) is 3. The second kappa shape index (κ2) is 10.4. The molecule has 2 aliphatic heterocycles. The highest BCUT2D eigenvalue weighted by atomic mass is 32.3. The van der Waals surface area contributed by atoms with Gasteiger partial charge in [0.15, 0.2) is 0 Å². The van der Waals surface area contributed by atoms with Gasteiger partial charge in [0.1, 0.15) is 4.90 Å². The summed E-state index contributed by atoms with van der Waals surface area (Å²) < 4.78 is 61.9. The Morgan fingerprint density at radius 3 is 1.85 bits per heavy atom. The Bertz CT molecular complexity index is 1830. The second-order valence-electron chi connectivity index (χ2n) is 9.77. The van der Waals surface area contributed by atoms with E-state index in [4.69, 9.17) is 4.55 Å². The highest BCUT2D eigenvalue weighted by Gasteiger charge is 2.29. The topological polar surface area (TPSA) is 122 Å². The molecule has 3 N–H and O–H groups in total. The zero-order valence-electron chi connectivity index (χ0n) is 21.2. The number of benzene rings is 4. The van der Waals surface area contributed by atoms with Crippen LogP contribution in [0.3, 0.4) is 0 Å². The molecule has 2 heterocycles. The monoisotopic (exact) mass is 574 g/mol. The molecule has 4 aromatic carbocycles. The third-order valence-corrected chi connectivity index (χ3v) is 9.56. The van der Waals surface area contributed by atoms with Crippen molar-refractivity contribution in [3.05, 3.63) is 136 Å². The van der Waals surface area contributed by atoms with Crippen LogP contribution in [-0.2, 0) is 37.2 Å². The van der Waals surface area contributed by atoms with Crippen LogP contribution in [-0.4, -0.2) is 21.4 Å². The third kappa shape index (κ3) is 5.37. The minimum Gasteiger partial charge on any atom is -0.302 e. The summed E-state index contributed by atoms with van der Waals surface area (Å²) in [5, 5.41) is 6.87. The van der Waals surface area contributed by atoms with E-state index in [0.29, 0.717) is 12.1 Å². The largest absolute Gasteiger partial charge is 0.412 e. The highest BCUT2D eigenvalue weighted by molar-refractivity contribution is 7.97. The van der Waals surface area contributed by atoms with Crippen LogP contribution in [0.1, 0.15) is 56.6 Å². The summed E-state index contributed by atoms with van der Waals surface area (Å²) in [6, 6.07) is 28.6. The first-order valence-corrected chi connectivity index (χ1v) is 15.4. The summed E-state index contributed by atoms with van der Waals surface area (Å²) in [6.07, 6.45) is 3.32. The third-order valence-electron chi connectivity index (χ3n) is 7.27. The van der Waals surface area contributed by atoms with Crippen LogP contribution >= 0.6 is 0 Å². The Balaban J connectivity index is 1.32.